The van der Waals surface area contributed by atoms with Crippen LogP contribution in [0.2, 0.25) is 0 Å². The number of rotatable bonds is 4. The molecule has 1 aromatic carbocycles. The highest BCUT2D eigenvalue weighted by Gasteiger charge is 2.00. The van der Waals surface area contributed by atoms with Crippen LogP contribution in [0.15, 0.2) is 24.3 Å². The summed E-state index contributed by atoms with van der Waals surface area (Å²) in [6.45, 7) is 2.67. The van der Waals surface area contributed by atoms with Crippen molar-refractivity contribution in [2.24, 2.45) is 0 Å². The first-order chi connectivity index (χ1) is 7.63. The number of hydrogen-bond acceptors (Lipinski definition) is 3. The van der Waals surface area contributed by atoms with Gasteiger partial charge in [0.05, 0.1) is 6.61 Å². The maximum atomic E-state index is 11.0. The molecule has 0 heterocycles. The lowest BCUT2D eigenvalue weighted by atomic mass is 10.2. The monoisotopic (exact) mass is 222 g/mol. The molecule has 1 amide bonds. The van der Waals surface area contributed by atoms with Crippen molar-refractivity contribution in [2.45, 2.75) is 13.5 Å². The molecule has 0 aliphatic rings. The Morgan fingerprint density at radius 1 is 1.31 bits per heavy atom. The highest BCUT2D eigenvalue weighted by atomic mass is 16.5. The summed E-state index contributed by atoms with van der Waals surface area (Å²) in [6.07, 6.45) is -0.376. The highest BCUT2D eigenvalue weighted by Crippen LogP contribution is 2.11. The van der Waals surface area contributed by atoms with Gasteiger partial charge in [-0.05, 0) is 24.6 Å². The molecule has 4 heteroatoms. The van der Waals surface area contributed by atoms with Crippen molar-refractivity contribution in [1.29, 1.82) is 0 Å². The Hall–Kier alpha value is -1.71. The number of hydrogen-bond donors (Lipinski definition) is 1. The first-order valence-electron chi connectivity index (χ1n) is 5.30. The maximum Gasteiger partial charge on any atom is 0.407 e. The van der Waals surface area contributed by atoms with Gasteiger partial charge in [-0.2, -0.15) is 0 Å². The van der Waals surface area contributed by atoms with Crippen molar-refractivity contribution in [3.8, 4) is 0 Å². The van der Waals surface area contributed by atoms with Gasteiger partial charge in [0.25, 0.3) is 0 Å². The molecule has 16 heavy (non-hydrogen) atoms. The number of nitrogens with one attached hydrogen (secondary N) is 1. The lowest BCUT2D eigenvalue weighted by Crippen LogP contribution is -2.23. The van der Waals surface area contributed by atoms with Crippen LogP contribution in [0.4, 0.5) is 10.5 Å². The minimum atomic E-state index is -0.376. The first-order valence-corrected chi connectivity index (χ1v) is 5.30. The van der Waals surface area contributed by atoms with Gasteiger partial charge >= 0.3 is 6.09 Å². The number of carbonyl (C=O) groups excluding carboxylic acids is 1. The van der Waals surface area contributed by atoms with E-state index in [4.69, 9.17) is 4.74 Å². The van der Waals surface area contributed by atoms with Crippen molar-refractivity contribution in [2.75, 3.05) is 25.6 Å². The van der Waals surface area contributed by atoms with Gasteiger partial charge in [0, 0.05) is 26.3 Å². The van der Waals surface area contributed by atoms with E-state index in [1.165, 1.54) is 0 Å². The van der Waals surface area contributed by atoms with Crippen LogP contribution in [-0.2, 0) is 11.3 Å². The second-order valence-electron chi connectivity index (χ2n) is 3.63. The smallest absolute Gasteiger partial charge is 0.407 e. The molecule has 0 aromatic heterocycles. The second kappa shape index (κ2) is 6.00. The molecule has 0 atom stereocenters. The van der Waals surface area contributed by atoms with E-state index in [-0.39, 0.29) is 6.09 Å². The molecule has 1 N–H and O–H groups in total. The largest absolute Gasteiger partial charge is 0.450 e. The predicted molar refractivity (Wildman–Crippen MR) is 64.6 cm³/mol. The van der Waals surface area contributed by atoms with Crippen molar-refractivity contribution < 1.29 is 9.53 Å². The number of ether oxygens (including phenoxy) is 1. The third-order valence-electron chi connectivity index (χ3n) is 2.17. The summed E-state index contributed by atoms with van der Waals surface area (Å²) >= 11 is 0. The quantitative estimate of drug-likeness (QED) is 0.847. The van der Waals surface area contributed by atoms with Crippen LogP contribution in [0, 0.1) is 0 Å². The van der Waals surface area contributed by atoms with Crippen LogP contribution in [0.25, 0.3) is 0 Å². The van der Waals surface area contributed by atoms with E-state index in [9.17, 15) is 4.79 Å². The molecule has 0 saturated heterocycles. The first kappa shape index (κ1) is 12.4. The maximum absolute atomic E-state index is 11.0. The number of anilines is 1. The number of carbonyl (C=O) groups is 1. The van der Waals surface area contributed by atoms with Gasteiger partial charge in [-0.1, -0.05) is 12.1 Å². The average Bonchev–Trinajstić information content (AvgIpc) is 2.27. The minimum absolute atomic E-state index is 0.376. The minimum Gasteiger partial charge on any atom is -0.450 e. The van der Waals surface area contributed by atoms with Crippen molar-refractivity contribution in [3.05, 3.63) is 29.8 Å². The third kappa shape index (κ3) is 3.81. The third-order valence-corrected chi connectivity index (χ3v) is 2.17. The number of nitrogens with zero attached hydrogens (tertiary/aromatic N) is 1. The summed E-state index contributed by atoms with van der Waals surface area (Å²) in [6, 6.07) is 8.01. The van der Waals surface area contributed by atoms with E-state index < -0.39 is 0 Å². The van der Waals surface area contributed by atoms with E-state index >= 15 is 0 Å². The van der Waals surface area contributed by atoms with E-state index in [0.29, 0.717) is 13.2 Å². The fourth-order valence-corrected chi connectivity index (χ4v) is 1.27. The molecular formula is C12H18N2O2. The molecule has 0 spiro atoms. The van der Waals surface area contributed by atoms with Crippen molar-refractivity contribution >= 4 is 11.8 Å². The van der Waals surface area contributed by atoms with Gasteiger partial charge in [-0.3, -0.25) is 0 Å². The zero-order chi connectivity index (χ0) is 12.0. The molecule has 88 valence electrons. The summed E-state index contributed by atoms with van der Waals surface area (Å²) in [5, 5.41) is 2.67. The van der Waals surface area contributed by atoms with Gasteiger partial charge in [0.1, 0.15) is 0 Å². The molecule has 0 saturated carbocycles. The Morgan fingerprint density at radius 2 is 1.94 bits per heavy atom. The Labute approximate surface area is 96.2 Å². The SMILES string of the molecule is CCOC(=O)NCc1ccc(N(C)C)cc1. The standard InChI is InChI=1S/C12H18N2O2/c1-4-16-12(15)13-9-10-5-7-11(8-6-10)14(2)3/h5-8H,4,9H2,1-3H3,(H,13,15). The molecule has 1 aromatic rings. The van der Waals surface area contributed by atoms with Crippen LogP contribution in [0.3, 0.4) is 0 Å². The van der Waals surface area contributed by atoms with Gasteiger partial charge in [-0.25, -0.2) is 4.79 Å². The summed E-state index contributed by atoms with van der Waals surface area (Å²) in [7, 11) is 3.98. The summed E-state index contributed by atoms with van der Waals surface area (Å²) in [4.78, 5) is 13.1. The molecular weight excluding hydrogens is 204 g/mol. The molecule has 1 rings (SSSR count). The summed E-state index contributed by atoms with van der Waals surface area (Å²) in [5.74, 6) is 0. The van der Waals surface area contributed by atoms with E-state index in [1.54, 1.807) is 6.92 Å². The fraction of sp³-hybridized carbons (Fsp3) is 0.417. The van der Waals surface area contributed by atoms with Crippen molar-refractivity contribution in [1.82, 2.24) is 5.32 Å². The normalized spacial score (nSPS) is 9.69. The fourth-order valence-electron chi connectivity index (χ4n) is 1.27. The zero-order valence-corrected chi connectivity index (χ0v) is 9.99. The predicted octanol–water partition coefficient (Wildman–Crippen LogP) is 2.00. The van der Waals surface area contributed by atoms with Crippen molar-refractivity contribution in [3.63, 3.8) is 0 Å². The lowest BCUT2D eigenvalue weighted by molar-refractivity contribution is 0.151. The molecule has 0 aliphatic heterocycles. The van der Waals surface area contributed by atoms with Crippen LogP contribution in [-0.4, -0.2) is 26.8 Å². The number of amides is 1. The highest BCUT2D eigenvalue weighted by molar-refractivity contribution is 5.67. The Balaban J connectivity index is 2.46. The molecule has 0 unspecified atom stereocenters. The van der Waals surface area contributed by atoms with Gasteiger partial charge in [-0.15, -0.1) is 0 Å². The zero-order valence-electron chi connectivity index (χ0n) is 9.99. The van der Waals surface area contributed by atoms with Gasteiger partial charge < -0.3 is 15.0 Å². The van der Waals surface area contributed by atoms with Crippen LogP contribution in [0.5, 0.6) is 0 Å². The number of benzene rings is 1. The van der Waals surface area contributed by atoms with E-state index in [0.717, 1.165) is 11.3 Å². The molecule has 0 radical (unpaired) electrons. The van der Waals surface area contributed by atoms with E-state index in [2.05, 4.69) is 5.32 Å². The summed E-state index contributed by atoms with van der Waals surface area (Å²) < 4.78 is 4.77. The second-order valence-corrected chi connectivity index (χ2v) is 3.63. The Morgan fingerprint density at radius 3 is 2.44 bits per heavy atom. The average molecular weight is 222 g/mol. The van der Waals surface area contributed by atoms with Crippen LogP contribution in [0.1, 0.15) is 12.5 Å². The molecule has 0 aliphatic carbocycles. The van der Waals surface area contributed by atoms with Crippen LogP contribution >= 0.6 is 0 Å². The lowest BCUT2D eigenvalue weighted by Gasteiger charge is -2.12. The number of alkyl carbamates (subject to hydrolysis) is 1. The Bertz CT molecular complexity index is 333. The molecule has 0 bridgehead atoms. The molecule has 4 nitrogen and oxygen atoms in total. The topological polar surface area (TPSA) is 41.6 Å². The Kier molecular flexibility index (Phi) is 4.64. The van der Waals surface area contributed by atoms with Gasteiger partial charge in [0.2, 0.25) is 0 Å². The van der Waals surface area contributed by atoms with E-state index in [1.807, 2.05) is 43.3 Å². The van der Waals surface area contributed by atoms with Crippen LogP contribution < -0.4 is 10.2 Å². The summed E-state index contributed by atoms with van der Waals surface area (Å²) in [5.41, 5.74) is 2.19. The molecule has 0 fully saturated rings. The van der Waals surface area contributed by atoms with Gasteiger partial charge in [0.15, 0.2) is 0 Å².